The maximum absolute atomic E-state index is 13.0. The van der Waals surface area contributed by atoms with Gasteiger partial charge >= 0.3 is 0 Å². The zero-order valence-corrected chi connectivity index (χ0v) is 14.6. The summed E-state index contributed by atoms with van der Waals surface area (Å²) in [4.78, 5) is 22.2. The molecule has 4 rings (SSSR count). The summed E-state index contributed by atoms with van der Waals surface area (Å²) in [6.07, 6.45) is 0. The second kappa shape index (κ2) is 6.42. The number of rotatable bonds is 3. The number of nitrogens with zero attached hydrogens (tertiary/aromatic N) is 2. The Hall–Kier alpha value is -2.11. The third-order valence-electron chi connectivity index (χ3n) is 4.73. The number of hydrogen-bond acceptors (Lipinski definition) is 3. The summed E-state index contributed by atoms with van der Waals surface area (Å²) in [5.74, 6) is 0.153. The van der Waals surface area contributed by atoms with Gasteiger partial charge in [-0.25, -0.2) is 0 Å². The summed E-state index contributed by atoms with van der Waals surface area (Å²) in [6.45, 7) is 6.44. The first kappa shape index (κ1) is 15.4. The average Bonchev–Trinajstić information content (AvgIpc) is 3.21. The van der Waals surface area contributed by atoms with Gasteiger partial charge in [0.25, 0.3) is 5.91 Å². The highest BCUT2D eigenvalue weighted by Gasteiger charge is 2.25. The van der Waals surface area contributed by atoms with Crippen LogP contribution in [0.1, 0.15) is 20.9 Å². The highest BCUT2D eigenvalue weighted by atomic mass is 32.1. The van der Waals surface area contributed by atoms with E-state index in [4.69, 9.17) is 0 Å². The predicted octanol–water partition coefficient (Wildman–Crippen LogP) is 3.50. The van der Waals surface area contributed by atoms with Crippen molar-refractivity contribution in [3.63, 3.8) is 0 Å². The van der Waals surface area contributed by atoms with Crippen LogP contribution in [0.25, 0.3) is 10.9 Å². The van der Waals surface area contributed by atoms with E-state index < -0.39 is 0 Å². The molecule has 1 saturated heterocycles. The Morgan fingerprint density at radius 3 is 2.67 bits per heavy atom. The quantitative estimate of drug-likeness (QED) is 0.793. The zero-order chi connectivity index (χ0) is 16.5. The third-order valence-corrected chi connectivity index (χ3v) is 5.59. The molecule has 3 heterocycles. The Labute approximate surface area is 145 Å². The molecule has 0 saturated carbocycles. The van der Waals surface area contributed by atoms with Crippen LogP contribution in [-0.4, -0.2) is 46.9 Å². The molecular weight excluding hydrogens is 318 g/mol. The molecule has 0 spiro atoms. The number of amides is 1. The monoisotopic (exact) mass is 339 g/mol. The number of carbonyl (C=O) groups excluding carboxylic acids is 1. The number of benzene rings is 1. The maximum atomic E-state index is 13.0. The summed E-state index contributed by atoms with van der Waals surface area (Å²) < 4.78 is 0. The Morgan fingerprint density at radius 1 is 1.12 bits per heavy atom. The highest BCUT2D eigenvalue weighted by molar-refractivity contribution is 7.09. The molecule has 0 unspecified atom stereocenters. The van der Waals surface area contributed by atoms with Gasteiger partial charge in [-0.3, -0.25) is 9.69 Å². The highest BCUT2D eigenvalue weighted by Crippen LogP contribution is 2.24. The van der Waals surface area contributed by atoms with Gasteiger partial charge in [0.05, 0.1) is 5.56 Å². The maximum Gasteiger partial charge on any atom is 0.256 e. The lowest BCUT2D eigenvalue weighted by molar-refractivity contribution is 0.0631. The largest absolute Gasteiger partial charge is 0.358 e. The summed E-state index contributed by atoms with van der Waals surface area (Å²) >= 11 is 1.80. The van der Waals surface area contributed by atoms with Gasteiger partial charge in [-0.1, -0.05) is 24.3 Å². The molecule has 1 aromatic carbocycles. The van der Waals surface area contributed by atoms with Crippen molar-refractivity contribution >= 4 is 28.1 Å². The van der Waals surface area contributed by atoms with Crippen LogP contribution in [0.5, 0.6) is 0 Å². The number of aromatic nitrogens is 1. The fourth-order valence-electron chi connectivity index (χ4n) is 3.44. The van der Waals surface area contributed by atoms with Crippen molar-refractivity contribution in [2.75, 3.05) is 26.2 Å². The van der Waals surface area contributed by atoms with Crippen LogP contribution in [0.2, 0.25) is 0 Å². The fraction of sp³-hybridized carbons (Fsp3) is 0.316. The van der Waals surface area contributed by atoms with Crippen LogP contribution in [-0.2, 0) is 6.54 Å². The van der Waals surface area contributed by atoms with Gasteiger partial charge in [0.15, 0.2) is 0 Å². The van der Waals surface area contributed by atoms with Gasteiger partial charge in [0.1, 0.15) is 0 Å². The van der Waals surface area contributed by atoms with E-state index in [1.807, 2.05) is 36.1 Å². The lowest BCUT2D eigenvalue weighted by atomic mass is 10.1. The molecule has 0 aliphatic carbocycles. The number of fused-ring (bicyclic) bond motifs is 1. The number of hydrogen-bond donors (Lipinski definition) is 1. The summed E-state index contributed by atoms with van der Waals surface area (Å²) in [5.41, 5.74) is 2.83. The fourth-order valence-corrected chi connectivity index (χ4v) is 4.19. The Kier molecular flexibility index (Phi) is 4.12. The van der Waals surface area contributed by atoms with Gasteiger partial charge in [0.2, 0.25) is 0 Å². The van der Waals surface area contributed by atoms with E-state index in [2.05, 4.69) is 27.4 Å². The molecule has 3 aromatic rings. The zero-order valence-electron chi connectivity index (χ0n) is 13.8. The average molecular weight is 339 g/mol. The van der Waals surface area contributed by atoms with E-state index in [0.717, 1.165) is 54.9 Å². The molecule has 0 atom stereocenters. The predicted molar refractivity (Wildman–Crippen MR) is 98.5 cm³/mol. The molecule has 1 amide bonds. The normalized spacial score (nSPS) is 16.0. The smallest absolute Gasteiger partial charge is 0.256 e. The van der Waals surface area contributed by atoms with Crippen molar-refractivity contribution < 1.29 is 4.79 Å². The third kappa shape index (κ3) is 2.85. The van der Waals surface area contributed by atoms with Crippen molar-refractivity contribution in [1.82, 2.24) is 14.8 Å². The summed E-state index contributed by atoms with van der Waals surface area (Å²) in [7, 11) is 0. The van der Waals surface area contributed by atoms with Crippen molar-refractivity contribution in [3.05, 3.63) is 57.9 Å². The Balaban J connectivity index is 1.47. The number of piperazine rings is 1. The number of nitrogens with one attached hydrogen (secondary N) is 1. The van der Waals surface area contributed by atoms with E-state index in [-0.39, 0.29) is 5.91 Å². The van der Waals surface area contributed by atoms with Crippen LogP contribution in [0.4, 0.5) is 0 Å². The second-order valence-electron chi connectivity index (χ2n) is 6.32. The second-order valence-corrected chi connectivity index (χ2v) is 7.35. The van der Waals surface area contributed by atoms with Gasteiger partial charge in [-0.15, -0.1) is 11.3 Å². The van der Waals surface area contributed by atoms with E-state index in [1.54, 1.807) is 11.3 Å². The SMILES string of the molecule is Cc1[nH]c2ccccc2c1C(=O)N1CCN(Cc2cccs2)CC1. The molecular formula is C19H21N3OS. The first-order valence-electron chi connectivity index (χ1n) is 8.33. The van der Waals surface area contributed by atoms with E-state index >= 15 is 0 Å². The number of aryl methyl sites for hydroxylation is 1. The minimum Gasteiger partial charge on any atom is -0.358 e. The molecule has 1 fully saturated rings. The molecule has 0 bridgehead atoms. The van der Waals surface area contributed by atoms with Crippen molar-refractivity contribution in [2.24, 2.45) is 0 Å². The molecule has 4 nitrogen and oxygen atoms in total. The minimum atomic E-state index is 0.153. The lowest BCUT2D eigenvalue weighted by Gasteiger charge is -2.34. The van der Waals surface area contributed by atoms with Crippen LogP contribution in [0.3, 0.4) is 0 Å². The standard InChI is InChI=1S/C19H21N3OS/c1-14-18(16-6-2-3-7-17(16)20-14)19(23)22-10-8-21(9-11-22)13-15-5-4-12-24-15/h2-7,12,20H,8-11,13H2,1H3. The van der Waals surface area contributed by atoms with E-state index in [9.17, 15) is 4.79 Å². The van der Waals surface area contributed by atoms with Crippen molar-refractivity contribution in [2.45, 2.75) is 13.5 Å². The minimum absolute atomic E-state index is 0.153. The van der Waals surface area contributed by atoms with Crippen LogP contribution >= 0.6 is 11.3 Å². The number of thiophene rings is 1. The first-order valence-corrected chi connectivity index (χ1v) is 9.21. The summed E-state index contributed by atoms with van der Waals surface area (Å²) in [6, 6.07) is 12.3. The topological polar surface area (TPSA) is 39.3 Å². The molecule has 1 aliphatic heterocycles. The van der Waals surface area contributed by atoms with Gasteiger partial charge in [-0.2, -0.15) is 0 Å². The van der Waals surface area contributed by atoms with Gasteiger partial charge < -0.3 is 9.88 Å². The number of para-hydroxylation sites is 1. The van der Waals surface area contributed by atoms with Crippen LogP contribution in [0.15, 0.2) is 41.8 Å². The Morgan fingerprint density at radius 2 is 1.92 bits per heavy atom. The Bertz CT molecular complexity index is 845. The van der Waals surface area contributed by atoms with Crippen molar-refractivity contribution in [1.29, 1.82) is 0 Å². The van der Waals surface area contributed by atoms with Crippen LogP contribution < -0.4 is 0 Å². The van der Waals surface area contributed by atoms with Gasteiger partial charge in [0, 0.05) is 54.2 Å². The first-order chi connectivity index (χ1) is 11.7. The molecule has 2 aromatic heterocycles. The number of H-pyrrole nitrogens is 1. The molecule has 5 heteroatoms. The molecule has 0 radical (unpaired) electrons. The number of carbonyl (C=O) groups is 1. The van der Waals surface area contributed by atoms with Crippen molar-refractivity contribution in [3.8, 4) is 0 Å². The van der Waals surface area contributed by atoms with Gasteiger partial charge in [-0.05, 0) is 24.4 Å². The number of aromatic amines is 1. The van der Waals surface area contributed by atoms with Crippen LogP contribution in [0, 0.1) is 6.92 Å². The molecule has 1 N–H and O–H groups in total. The lowest BCUT2D eigenvalue weighted by Crippen LogP contribution is -2.48. The van der Waals surface area contributed by atoms with E-state index in [1.165, 1.54) is 4.88 Å². The summed E-state index contributed by atoms with van der Waals surface area (Å²) in [5, 5.41) is 3.15. The molecule has 124 valence electrons. The molecule has 1 aliphatic rings. The van der Waals surface area contributed by atoms with E-state index in [0.29, 0.717) is 0 Å². The molecule has 24 heavy (non-hydrogen) atoms.